The Morgan fingerprint density at radius 3 is 2.68 bits per heavy atom. The van der Waals surface area contributed by atoms with E-state index in [9.17, 15) is 0 Å². The number of rotatable bonds is 6. The second-order valence-corrected chi connectivity index (χ2v) is 6.48. The van der Waals surface area contributed by atoms with Gasteiger partial charge >= 0.3 is 0 Å². The normalized spacial score (nSPS) is 36.0. The van der Waals surface area contributed by atoms with Crippen LogP contribution in [0.5, 0.6) is 0 Å². The Labute approximate surface area is 119 Å². The Morgan fingerprint density at radius 2 is 2.00 bits per heavy atom. The topological polar surface area (TPSA) is 24.5 Å². The minimum Gasteiger partial charge on any atom is -0.377 e. The molecule has 0 radical (unpaired) electrons. The van der Waals surface area contributed by atoms with E-state index < -0.39 is 0 Å². The number of hydrogen-bond donors (Lipinski definition) is 1. The third kappa shape index (κ3) is 4.17. The van der Waals surface area contributed by atoms with Gasteiger partial charge in [0.1, 0.15) is 0 Å². The Bertz CT molecular complexity index is 259. The van der Waals surface area contributed by atoms with E-state index in [2.05, 4.69) is 31.1 Å². The fourth-order valence-electron chi connectivity index (χ4n) is 3.83. The van der Waals surface area contributed by atoms with Crippen molar-refractivity contribution in [2.24, 2.45) is 5.92 Å². The van der Waals surface area contributed by atoms with Crippen molar-refractivity contribution in [1.82, 2.24) is 10.2 Å². The number of likely N-dealkylation sites (N-methyl/N-ethyl adjacent to an activating group) is 1. The highest BCUT2D eigenvalue weighted by molar-refractivity contribution is 4.87. The van der Waals surface area contributed by atoms with E-state index >= 15 is 0 Å². The molecule has 4 unspecified atom stereocenters. The van der Waals surface area contributed by atoms with Crippen LogP contribution in [0.4, 0.5) is 0 Å². The van der Waals surface area contributed by atoms with E-state index in [4.69, 9.17) is 4.74 Å². The van der Waals surface area contributed by atoms with Crippen molar-refractivity contribution in [3.05, 3.63) is 0 Å². The summed E-state index contributed by atoms with van der Waals surface area (Å²) in [5.41, 5.74) is 0. The molecule has 4 atom stereocenters. The highest BCUT2D eigenvalue weighted by Gasteiger charge is 2.31. The van der Waals surface area contributed by atoms with Gasteiger partial charge in [0.25, 0.3) is 0 Å². The van der Waals surface area contributed by atoms with Gasteiger partial charge in [0.2, 0.25) is 0 Å². The van der Waals surface area contributed by atoms with Gasteiger partial charge in [-0.3, -0.25) is 0 Å². The largest absolute Gasteiger partial charge is 0.377 e. The van der Waals surface area contributed by atoms with Crippen molar-refractivity contribution in [2.75, 3.05) is 26.7 Å². The maximum Gasteiger partial charge on any atom is 0.0702 e. The first kappa shape index (κ1) is 15.3. The molecule has 0 aromatic carbocycles. The molecule has 2 aliphatic rings. The standard InChI is InChI=1S/C16H32N2O/c1-4-10-17-15-8-6-5-7-14(15)12-18(3)16-9-11-19-13(16)2/h13-17H,4-12H2,1-3H3. The van der Waals surface area contributed by atoms with Crippen molar-refractivity contribution in [2.45, 2.75) is 70.6 Å². The second-order valence-electron chi connectivity index (χ2n) is 6.48. The van der Waals surface area contributed by atoms with Gasteiger partial charge in [0.15, 0.2) is 0 Å². The molecule has 0 amide bonds. The van der Waals surface area contributed by atoms with Crippen molar-refractivity contribution in [1.29, 1.82) is 0 Å². The number of nitrogens with zero attached hydrogens (tertiary/aromatic N) is 1. The third-order valence-electron chi connectivity index (χ3n) is 4.99. The average molecular weight is 268 g/mol. The summed E-state index contributed by atoms with van der Waals surface area (Å²) in [6, 6.07) is 1.38. The zero-order valence-electron chi connectivity index (χ0n) is 13.0. The molecule has 1 aliphatic heterocycles. The lowest BCUT2D eigenvalue weighted by molar-refractivity contribution is 0.0713. The van der Waals surface area contributed by atoms with Crippen molar-refractivity contribution in [3.8, 4) is 0 Å². The van der Waals surface area contributed by atoms with Gasteiger partial charge in [-0.1, -0.05) is 19.8 Å². The summed E-state index contributed by atoms with van der Waals surface area (Å²) in [7, 11) is 2.29. The molecule has 1 N–H and O–H groups in total. The van der Waals surface area contributed by atoms with Crippen LogP contribution in [0.25, 0.3) is 0 Å². The molecule has 2 rings (SSSR count). The molecule has 112 valence electrons. The maximum absolute atomic E-state index is 5.71. The van der Waals surface area contributed by atoms with Crippen LogP contribution in [0.15, 0.2) is 0 Å². The fourth-order valence-corrected chi connectivity index (χ4v) is 3.83. The predicted octanol–water partition coefficient (Wildman–Crippen LogP) is 2.65. The smallest absolute Gasteiger partial charge is 0.0702 e. The van der Waals surface area contributed by atoms with Crippen molar-refractivity contribution >= 4 is 0 Å². The lowest BCUT2D eigenvalue weighted by Gasteiger charge is -2.37. The molecule has 1 aliphatic carbocycles. The SMILES string of the molecule is CCCNC1CCCCC1CN(C)C1CCOC1C. The van der Waals surface area contributed by atoms with Gasteiger partial charge in [-0.05, 0) is 52.1 Å². The average Bonchev–Trinajstić information content (AvgIpc) is 2.84. The zero-order valence-corrected chi connectivity index (χ0v) is 13.0. The van der Waals surface area contributed by atoms with Gasteiger partial charge in [0.05, 0.1) is 6.10 Å². The van der Waals surface area contributed by atoms with E-state index in [1.807, 2.05) is 0 Å². The van der Waals surface area contributed by atoms with Gasteiger partial charge in [0, 0.05) is 25.2 Å². The summed E-state index contributed by atoms with van der Waals surface area (Å²) >= 11 is 0. The first-order valence-corrected chi connectivity index (χ1v) is 8.27. The highest BCUT2D eigenvalue weighted by atomic mass is 16.5. The lowest BCUT2D eigenvalue weighted by Crippen LogP contribution is -2.47. The number of nitrogens with one attached hydrogen (secondary N) is 1. The Kier molecular flexibility index (Phi) is 6.11. The van der Waals surface area contributed by atoms with E-state index in [0.29, 0.717) is 12.1 Å². The highest BCUT2D eigenvalue weighted by Crippen LogP contribution is 2.27. The Hall–Kier alpha value is -0.120. The predicted molar refractivity (Wildman–Crippen MR) is 80.5 cm³/mol. The van der Waals surface area contributed by atoms with Crippen molar-refractivity contribution in [3.63, 3.8) is 0 Å². The van der Waals surface area contributed by atoms with E-state index in [1.165, 1.54) is 51.6 Å². The second kappa shape index (κ2) is 7.61. The molecular formula is C16H32N2O. The lowest BCUT2D eigenvalue weighted by atomic mass is 9.83. The summed E-state index contributed by atoms with van der Waals surface area (Å²) < 4.78 is 5.71. The van der Waals surface area contributed by atoms with Crippen LogP contribution < -0.4 is 5.32 Å². The minimum atomic E-state index is 0.413. The van der Waals surface area contributed by atoms with E-state index in [-0.39, 0.29) is 0 Å². The molecule has 3 heteroatoms. The fraction of sp³-hybridized carbons (Fsp3) is 1.00. The van der Waals surface area contributed by atoms with Gasteiger partial charge < -0.3 is 15.0 Å². The van der Waals surface area contributed by atoms with Crippen LogP contribution >= 0.6 is 0 Å². The first-order valence-electron chi connectivity index (χ1n) is 8.27. The van der Waals surface area contributed by atoms with Gasteiger partial charge in [-0.2, -0.15) is 0 Å². The summed E-state index contributed by atoms with van der Waals surface area (Å²) in [6.45, 7) is 7.84. The van der Waals surface area contributed by atoms with Crippen LogP contribution in [0.2, 0.25) is 0 Å². The molecule has 1 saturated heterocycles. The van der Waals surface area contributed by atoms with E-state index in [1.54, 1.807) is 0 Å². The molecule has 0 bridgehead atoms. The Morgan fingerprint density at radius 1 is 1.21 bits per heavy atom. The molecule has 0 spiro atoms. The molecule has 2 fully saturated rings. The van der Waals surface area contributed by atoms with Crippen LogP contribution in [-0.2, 0) is 4.74 Å². The molecule has 0 aromatic rings. The van der Waals surface area contributed by atoms with Crippen molar-refractivity contribution < 1.29 is 4.74 Å². The van der Waals surface area contributed by atoms with Crippen LogP contribution in [0, 0.1) is 5.92 Å². The van der Waals surface area contributed by atoms with E-state index in [0.717, 1.165) is 18.6 Å². The summed E-state index contributed by atoms with van der Waals surface area (Å²) in [5.74, 6) is 0.832. The quantitative estimate of drug-likeness (QED) is 0.801. The monoisotopic (exact) mass is 268 g/mol. The number of ether oxygens (including phenoxy) is 1. The van der Waals surface area contributed by atoms with Crippen LogP contribution in [0.1, 0.15) is 52.4 Å². The molecule has 1 heterocycles. The Balaban J connectivity index is 1.84. The maximum atomic E-state index is 5.71. The minimum absolute atomic E-state index is 0.413. The van der Waals surface area contributed by atoms with Gasteiger partial charge in [-0.15, -0.1) is 0 Å². The van der Waals surface area contributed by atoms with Crippen LogP contribution in [0.3, 0.4) is 0 Å². The summed E-state index contributed by atoms with van der Waals surface area (Å²) in [5, 5.41) is 3.77. The molecule has 0 aromatic heterocycles. The summed E-state index contributed by atoms with van der Waals surface area (Å²) in [6.07, 6.45) is 8.45. The molecule has 19 heavy (non-hydrogen) atoms. The van der Waals surface area contributed by atoms with Crippen LogP contribution in [-0.4, -0.2) is 49.8 Å². The number of hydrogen-bond acceptors (Lipinski definition) is 3. The van der Waals surface area contributed by atoms with Gasteiger partial charge in [-0.25, -0.2) is 0 Å². The molecule has 1 saturated carbocycles. The molecule has 3 nitrogen and oxygen atoms in total. The zero-order chi connectivity index (χ0) is 13.7. The third-order valence-corrected chi connectivity index (χ3v) is 4.99. The molecular weight excluding hydrogens is 236 g/mol. The summed E-state index contributed by atoms with van der Waals surface area (Å²) in [4.78, 5) is 2.56. The first-order chi connectivity index (χ1) is 9.22.